The van der Waals surface area contributed by atoms with Crippen molar-refractivity contribution in [1.82, 2.24) is 0 Å². The maximum atomic E-state index is 7.53. The average Bonchev–Trinajstić information content (AvgIpc) is 2.46. The Labute approximate surface area is 128 Å². The second-order valence-electron chi connectivity index (χ2n) is 5.94. The summed E-state index contributed by atoms with van der Waals surface area (Å²) >= 11 is 0. The Morgan fingerprint density at radius 1 is 1.24 bits per heavy atom. The van der Waals surface area contributed by atoms with Crippen molar-refractivity contribution in [2.75, 3.05) is 13.7 Å². The molecule has 0 aliphatic carbocycles. The zero-order valence-electron chi connectivity index (χ0n) is 13.7. The van der Waals surface area contributed by atoms with Crippen LogP contribution in [0.4, 0.5) is 0 Å². The minimum Gasteiger partial charge on any atom is -0.493 e. The first kappa shape index (κ1) is 17.3. The summed E-state index contributed by atoms with van der Waals surface area (Å²) in [6.45, 7) is 6.77. The number of aryl methyl sites for hydroxylation is 1. The third kappa shape index (κ3) is 5.29. The van der Waals surface area contributed by atoms with E-state index in [2.05, 4.69) is 13.0 Å². The molecule has 0 aliphatic rings. The molecule has 3 N–H and O–H groups in total. The second kappa shape index (κ2) is 7.91. The van der Waals surface area contributed by atoms with Crippen LogP contribution in [0.15, 0.2) is 18.2 Å². The van der Waals surface area contributed by atoms with E-state index in [9.17, 15) is 0 Å². The summed E-state index contributed by atoms with van der Waals surface area (Å²) in [5, 5.41) is 7.53. The first-order chi connectivity index (χ1) is 9.90. The predicted octanol–water partition coefficient (Wildman–Crippen LogP) is 3.77. The first-order valence-electron chi connectivity index (χ1n) is 7.55. The van der Waals surface area contributed by atoms with Crippen LogP contribution in [0.5, 0.6) is 11.5 Å². The van der Waals surface area contributed by atoms with Crippen LogP contribution in [0.25, 0.3) is 0 Å². The highest BCUT2D eigenvalue weighted by atomic mass is 16.5. The molecule has 0 bridgehead atoms. The number of methoxy groups -OCH3 is 1. The Morgan fingerprint density at radius 2 is 1.95 bits per heavy atom. The topological polar surface area (TPSA) is 68.3 Å². The van der Waals surface area contributed by atoms with Crippen LogP contribution in [-0.2, 0) is 6.42 Å². The number of nitrogens with one attached hydrogen (secondary N) is 1. The van der Waals surface area contributed by atoms with Crippen molar-refractivity contribution in [2.24, 2.45) is 11.1 Å². The molecule has 118 valence electrons. The molecule has 0 atom stereocenters. The molecule has 0 amide bonds. The van der Waals surface area contributed by atoms with Gasteiger partial charge in [-0.15, -0.1) is 0 Å². The molecule has 0 heterocycles. The summed E-state index contributed by atoms with van der Waals surface area (Å²) in [5.74, 6) is 1.83. The summed E-state index contributed by atoms with van der Waals surface area (Å²) < 4.78 is 11.2. The van der Waals surface area contributed by atoms with Gasteiger partial charge in [0.15, 0.2) is 11.5 Å². The van der Waals surface area contributed by atoms with Crippen LogP contribution in [0, 0.1) is 10.8 Å². The molecule has 0 unspecified atom stereocenters. The van der Waals surface area contributed by atoms with Gasteiger partial charge < -0.3 is 15.2 Å². The Bertz CT molecular complexity index is 470. The number of nitrogens with two attached hydrogens (primary N) is 1. The maximum absolute atomic E-state index is 7.53. The third-order valence-electron chi connectivity index (χ3n) is 3.82. The molecule has 0 radical (unpaired) electrons. The Kier molecular flexibility index (Phi) is 6.53. The van der Waals surface area contributed by atoms with E-state index in [4.69, 9.17) is 20.6 Å². The minimum absolute atomic E-state index is 0.222. The molecule has 0 saturated heterocycles. The Hall–Kier alpha value is -1.71. The molecule has 0 aromatic heterocycles. The summed E-state index contributed by atoms with van der Waals surface area (Å²) in [4.78, 5) is 0. The SMILES string of the molecule is CCc1ccc(OCCCCC(C)(C)C(=N)N)c(OC)c1. The standard InChI is InChI=1S/C17H28N2O2/c1-5-13-8-9-14(15(12-13)20-4)21-11-7-6-10-17(2,3)16(18)19/h8-9,12H,5-7,10-11H2,1-4H3,(H3,18,19). The van der Waals surface area contributed by atoms with Gasteiger partial charge in [-0.05, 0) is 43.4 Å². The normalized spacial score (nSPS) is 11.2. The van der Waals surface area contributed by atoms with Crippen molar-refractivity contribution < 1.29 is 9.47 Å². The van der Waals surface area contributed by atoms with Crippen molar-refractivity contribution in [2.45, 2.75) is 46.5 Å². The molecule has 1 aromatic rings. The van der Waals surface area contributed by atoms with Crippen molar-refractivity contribution in [3.63, 3.8) is 0 Å². The fraction of sp³-hybridized carbons (Fsp3) is 0.588. The monoisotopic (exact) mass is 292 g/mol. The van der Waals surface area contributed by atoms with Crippen molar-refractivity contribution in [3.8, 4) is 11.5 Å². The fourth-order valence-corrected chi connectivity index (χ4v) is 2.04. The van der Waals surface area contributed by atoms with Crippen LogP contribution in [0.1, 0.15) is 45.6 Å². The summed E-state index contributed by atoms with van der Waals surface area (Å²) in [5.41, 5.74) is 6.59. The molecular weight excluding hydrogens is 264 g/mol. The number of benzene rings is 1. The number of ether oxygens (including phenoxy) is 2. The molecule has 21 heavy (non-hydrogen) atoms. The minimum atomic E-state index is -0.222. The molecule has 4 nitrogen and oxygen atoms in total. The average molecular weight is 292 g/mol. The molecule has 4 heteroatoms. The molecule has 1 aromatic carbocycles. The van der Waals surface area contributed by atoms with E-state index in [-0.39, 0.29) is 11.3 Å². The molecule has 0 spiro atoms. The summed E-state index contributed by atoms with van der Waals surface area (Å²) in [6.07, 6.45) is 3.81. The second-order valence-corrected chi connectivity index (χ2v) is 5.94. The highest BCUT2D eigenvalue weighted by Gasteiger charge is 2.20. The van der Waals surface area contributed by atoms with Gasteiger partial charge in [-0.2, -0.15) is 0 Å². The van der Waals surface area contributed by atoms with E-state index in [0.717, 1.165) is 37.2 Å². The highest BCUT2D eigenvalue weighted by Crippen LogP contribution is 2.29. The van der Waals surface area contributed by atoms with Gasteiger partial charge in [-0.25, -0.2) is 0 Å². The van der Waals surface area contributed by atoms with E-state index in [1.165, 1.54) is 5.56 Å². The maximum Gasteiger partial charge on any atom is 0.161 e. The number of unbranched alkanes of at least 4 members (excludes halogenated alkanes) is 1. The summed E-state index contributed by atoms with van der Waals surface area (Å²) in [6, 6.07) is 6.06. The van der Waals surface area contributed by atoms with E-state index in [0.29, 0.717) is 6.61 Å². The predicted molar refractivity (Wildman–Crippen MR) is 87.4 cm³/mol. The van der Waals surface area contributed by atoms with Gasteiger partial charge in [0.05, 0.1) is 19.6 Å². The number of hydrogen-bond donors (Lipinski definition) is 2. The lowest BCUT2D eigenvalue weighted by atomic mass is 9.86. The number of amidine groups is 1. The Balaban J connectivity index is 2.41. The van der Waals surface area contributed by atoms with Gasteiger partial charge in [-0.1, -0.05) is 26.8 Å². The lowest BCUT2D eigenvalue weighted by Crippen LogP contribution is -2.30. The quantitative estimate of drug-likeness (QED) is 0.413. The Morgan fingerprint density at radius 3 is 2.52 bits per heavy atom. The van der Waals surface area contributed by atoms with Gasteiger partial charge in [0.2, 0.25) is 0 Å². The van der Waals surface area contributed by atoms with Crippen LogP contribution in [-0.4, -0.2) is 19.6 Å². The zero-order valence-corrected chi connectivity index (χ0v) is 13.7. The molecule has 0 aliphatic heterocycles. The number of rotatable bonds is 9. The third-order valence-corrected chi connectivity index (χ3v) is 3.82. The summed E-state index contributed by atoms with van der Waals surface area (Å²) in [7, 11) is 1.66. The number of hydrogen-bond acceptors (Lipinski definition) is 3. The van der Waals surface area contributed by atoms with Crippen molar-refractivity contribution in [1.29, 1.82) is 5.41 Å². The first-order valence-corrected chi connectivity index (χ1v) is 7.55. The van der Waals surface area contributed by atoms with Crippen molar-refractivity contribution in [3.05, 3.63) is 23.8 Å². The van der Waals surface area contributed by atoms with E-state index in [1.54, 1.807) is 7.11 Å². The lowest BCUT2D eigenvalue weighted by molar-refractivity contribution is 0.279. The van der Waals surface area contributed by atoms with Crippen molar-refractivity contribution >= 4 is 5.84 Å². The smallest absolute Gasteiger partial charge is 0.161 e. The molecular formula is C17H28N2O2. The van der Waals surface area contributed by atoms with Gasteiger partial charge in [-0.3, -0.25) is 5.41 Å². The highest BCUT2D eigenvalue weighted by molar-refractivity contribution is 5.82. The lowest BCUT2D eigenvalue weighted by Gasteiger charge is -2.22. The van der Waals surface area contributed by atoms with Gasteiger partial charge in [0.1, 0.15) is 0 Å². The van der Waals surface area contributed by atoms with Gasteiger partial charge in [0.25, 0.3) is 0 Å². The zero-order chi connectivity index (χ0) is 15.9. The molecule has 0 saturated carbocycles. The van der Waals surface area contributed by atoms with Crippen LogP contribution >= 0.6 is 0 Å². The van der Waals surface area contributed by atoms with Gasteiger partial charge >= 0.3 is 0 Å². The van der Waals surface area contributed by atoms with Crippen LogP contribution < -0.4 is 15.2 Å². The molecule has 0 fully saturated rings. The van der Waals surface area contributed by atoms with Gasteiger partial charge in [0, 0.05) is 5.41 Å². The van der Waals surface area contributed by atoms with E-state index < -0.39 is 0 Å². The van der Waals surface area contributed by atoms with E-state index >= 15 is 0 Å². The fourth-order valence-electron chi connectivity index (χ4n) is 2.04. The van der Waals surface area contributed by atoms with Crippen LogP contribution in [0.3, 0.4) is 0 Å². The van der Waals surface area contributed by atoms with E-state index in [1.807, 2.05) is 26.0 Å². The van der Waals surface area contributed by atoms with Crippen LogP contribution in [0.2, 0.25) is 0 Å². The molecule has 1 rings (SSSR count). The largest absolute Gasteiger partial charge is 0.493 e.